The number of nitrogens with one attached hydrogen (secondary N) is 2. The third-order valence-corrected chi connectivity index (χ3v) is 3.78. The summed E-state index contributed by atoms with van der Waals surface area (Å²) in [6.07, 6.45) is 6.84. The highest BCUT2D eigenvalue weighted by Crippen LogP contribution is 2.23. The molecular formula is C15H28N2O3. The fraction of sp³-hybridized carbons (Fsp3) is 0.867. The quantitative estimate of drug-likeness (QED) is 0.629. The summed E-state index contributed by atoms with van der Waals surface area (Å²) < 4.78 is 0. The van der Waals surface area contributed by atoms with Gasteiger partial charge in [0.25, 0.3) is 0 Å². The number of rotatable bonds is 8. The van der Waals surface area contributed by atoms with Crippen LogP contribution in [-0.4, -0.2) is 36.1 Å². The van der Waals surface area contributed by atoms with Crippen LogP contribution in [0.5, 0.6) is 0 Å². The number of hydrogen-bond donors (Lipinski definition) is 3. The molecule has 0 radical (unpaired) electrons. The molecule has 1 fully saturated rings. The second-order valence-corrected chi connectivity index (χ2v) is 5.62. The van der Waals surface area contributed by atoms with E-state index >= 15 is 0 Å². The number of hydrogen-bond acceptors (Lipinski definition) is 3. The smallest absolute Gasteiger partial charge is 0.223 e. The van der Waals surface area contributed by atoms with Crippen LogP contribution in [0.4, 0.5) is 0 Å². The van der Waals surface area contributed by atoms with Gasteiger partial charge in [-0.15, -0.1) is 0 Å². The molecule has 0 saturated heterocycles. The second kappa shape index (κ2) is 9.75. The molecule has 1 unspecified atom stereocenters. The highest BCUT2D eigenvalue weighted by molar-refractivity contribution is 5.80. The summed E-state index contributed by atoms with van der Waals surface area (Å²) in [5.74, 6) is 0.103. The first-order chi connectivity index (χ1) is 9.63. The van der Waals surface area contributed by atoms with Crippen molar-refractivity contribution in [2.24, 2.45) is 5.92 Å². The molecule has 3 N–H and O–H groups in total. The molecule has 1 aliphatic carbocycles. The average Bonchev–Trinajstić information content (AvgIpc) is 2.46. The maximum atomic E-state index is 11.8. The van der Waals surface area contributed by atoms with Crippen molar-refractivity contribution in [3.8, 4) is 0 Å². The van der Waals surface area contributed by atoms with Crippen molar-refractivity contribution in [1.82, 2.24) is 10.6 Å². The van der Waals surface area contributed by atoms with Gasteiger partial charge in [-0.2, -0.15) is 0 Å². The minimum Gasteiger partial charge on any atom is -0.391 e. The van der Waals surface area contributed by atoms with Gasteiger partial charge >= 0.3 is 0 Å². The first-order valence-corrected chi connectivity index (χ1v) is 7.86. The largest absolute Gasteiger partial charge is 0.391 e. The normalized spacial score (nSPS) is 17.5. The van der Waals surface area contributed by atoms with E-state index in [1.165, 1.54) is 6.42 Å². The van der Waals surface area contributed by atoms with Gasteiger partial charge in [0.15, 0.2) is 0 Å². The minimum atomic E-state index is -0.472. The van der Waals surface area contributed by atoms with E-state index < -0.39 is 6.10 Å². The van der Waals surface area contributed by atoms with Gasteiger partial charge in [0.1, 0.15) is 0 Å². The molecule has 5 nitrogen and oxygen atoms in total. The average molecular weight is 284 g/mol. The van der Waals surface area contributed by atoms with Crippen molar-refractivity contribution in [3.63, 3.8) is 0 Å². The molecule has 0 aromatic carbocycles. The minimum absolute atomic E-state index is 0.0866. The summed E-state index contributed by atoms with van der Waals surface area (Å²) in [6, 6.07) is 0. The molecule has 116 valence electrons. The summed E-state index contributed by atoms with van der Waals surface area (Å²) >= 11 is 0. The SMILES string of the molecule is CCCC(O)CNC(=O)CCNC(=O)C1CCCCC1. The lowest BCUT2D eigenvalue weighted by atomic mass is 9.89. The lowest BCUT2D eigenvalue weighted by molar-refractivity contribution is -0.126. The molecule has 2 amide bonds. The monoisotopic (exact) mass is 284 g/mol. The fourth-order valence-corrected chi connectivity index (χ4v) is 2.56. The number of amides is 2. The lowest BCUT2D eigenvalue weighted by Crippen LogP contribution is -2.37. The Morgan fingerprint density at radius 1 is 1.20 bits per heavy atom. The zero-order valence-corrected chi connectivity index (χ0v) is 12.5. The first-order valence-electron chi connectivity index (χ1n) is 7.86. The van der Waals surface area contributed by atoms with E-state index in [1.807, 2.05) is 6.92 Å². The Kier molecular flexibility index (Phi) is 8.26. The summed E-state index contributed by atoms with van der Waals surface area (Å²) in [4.78, 5) is 23.4. The number of aliphatic hydroxyl groups is 1. The van der Waals surface area contributed by atoms with E-state index in [2.05, 4.69) is 10.6 Å². The second-order valence-electron chi connectivity index (χ2n) is 5.62. The van der Waals surface area contributed by atoms with Crippen molar-refractivity contribution in [2.75, 3.05) is 13.1 Å². The summed E-state index contributed by atoms with van der Waals surface area (Å²) in [5.41, 5.74) is 0. The summed E-state index contributed by atoms with van der Waals surface area (Å²) in [6.45, 7) is 2.67. The summed E-state index contributed by atoms with van der Waals surface area (Å²) in [5, 5.41) is 15.0. The van der Waals surface area contributed by atoms with Gasteiger partial charge in [-0.05, 0) is 19.3 Å². The third kappa shape index (κ3) is 6.89. The Labute approximate surface area is 121 Å². The van der Waals surface area contributed by atoms with Crippen LogP contribution in [0.2, 0.25) is 0 Å². The molecule has 0 aromatic heterocycles. The van der Waals surface area contributed by atoms with E-state index in [0.29, 0.717) is 19.5 Å². The van der Waals surface area contributed by atoms with E-state index in [4.69, 9.17) is 0 Å². The van der Waals surface area contributed by atoms with Crippen molar-refractivity contribution in [2.45, 2.75) is 64.4 Å². The molecular weight excluding hydrogens is 256 g/mol. The maximum absolute atomic E-state index is 11.8. The van der Waals surface area contributed by atoms with E-state index in [9.17, 15) is 14.7 Å². The summed E-state index contributed by atoms with van der Waals surface area (Å²) in [7, 11) is 0. The van der Waals surface area contributed by atoms with Gasteiger partial charge in [0, 0.05) is 25.4 Å². The van der Waals surface area contributed by atoms with Crippen LogP contribution in [0.25, 0.3) is 0 Å². The molecule has 5 heteroatoms. The third-order valence-electron chi connectivity index (χ3n) is 3.78. The van der Waals surface area contributed by atoms with Crippen molar-refractivity contribution in [1.29, 1.82) is 0 Å². The number of carbonyl (C=O) groups excluding carboxylic acids is 2. The van der Waals surface area contributed by atoms with Crippen LogP contribution >= 0.6 is 0 Å². The standard InChI is InChI=1S/C15H28N2O3/c1-2-6-13(18)11-17-14(19)9-10-16-15(20)12-7-4-3-5-8-12/h12-13,18H,2-11H2,1H3,(H,16,20)(H,17,19). The maximum Gasteiger partial charge on any atom is 0.223 e. The van der Waals surface area contributed by atoms with Gasteiger partial charge in [-0.3, -0.25) is 9.59 Å². The molecule has 1 saturated carbocycles. The van der Waals surface area contributed by atoms with Crippen molar-refractivity contribution >= 4 is 11.8 Å². The van der Waals surface area contributed by atoms with Crippen molar-refractivity contribution in [3.05, 3.63) is 0 Å². The lowest BCUT2D eigenvalue weighted by Gasteiger charge is -2.20. The molecule has 0 heterocycles. The number of aliphatic hydroxyl groups excluding tert-OH is 1. The van der Waals surface area contributed by atoms with Crippen molar-refractivity contribution < 1.29 is 14.7 Å². The zero-order chi connectivity index (χ0) is 14.8. The van der Waals surface area contributed by atoms with Crippen LogP contribution in [0.3, 0.4) is 0 Å². The Hall–Kier alpha value is -1.10. The first kappa shape index (κ1) is 17.0. The highest BCUT2D eigenvalue weighted by atomic mass is 16.3. The van der Waals surface area contributed by atoms with Crippen LogP contribution < -0.4 is 10.6 Å². The molecule has 0 aliphatic heterocycles. The molecule has 1 atom stereocenters. The Morgan fingerprint density at radius 3 is 2.55 bits per heavy atom. The van der Waals surface area contributed by atoms with Crippen LogP contribution in [0.15, 0.2) is 0 Å². The molecule has 0 bridgehead atoms. The van der Waals surface area contributed by atoms with E-state index in [1.54, 1.807) is 0 Å². The van der Waals surface area contributed by atoms with Gasteiger partial charge < -0.3 is 15.7 Å². The van der Waals surface area contributed by atoms with Gasteiger partial charge in [-0.25, -0.2) is 0 Å². The van der Waals surface area contributed by atoms with Gasteiger partial charge in [0.2, 0.25) is 11.8 Å². The molecule has 1 aliphatic rings. The Morgan fingerprint density at radius 2 is 1.90 bits per heavy atom. The topological polar surface area (TPSA) is 78.4 Å². The predicted molar refractivity (Wildman–Crippen MR) is 78.1 cm³/mol. The number of carbonyl (C=O) groups is 2. The van der Waals surface area contributed by atoms with Gasteiger partial charge in [0.05, 0.1) is 6.10 Å². The van der Waals surface area contributed by atoms with E-state index in [0.717, 1.165) is 32.1 Å². The van der Waals surface area contributed by atoms with E-state index in [-0.39, 0.29) is 24.2 Å². The predicted octanol–water partition coefficient (Wildman–Crippen LogP) is 1.35. The Balaban J connectivity index is 2.07. The van der Waals surface area contributed by atoms with Crippen LogP contribution in [-0.2, 0) is 9.59 Å². The van der Waals surface area contributed by atoms with Crippen LogP contribution in [0.1, 0.15) is 58.3 Å². The van der Waals surface area contributed by atoms with Crippen LogP contribution in [0, 0.1) is 5.92 Å². The molecule has 0 aromatic rings. The van der Waals surface area contributed by atoms with Gasteiger partial charge in [-0.1, -0.05) is 32.6 Å². The molecule has 0 spiro atoms. The fourth-order valence-electron chi connectivity index (χ4n) is 2.56. The molecule has 1 rings (SSSR count). The highest BCUT2D eigenvalue weighted by Gasteiger charge is 2.20. The zero-order valence-electron chi connectivity index (χ0n) is 12.5. The molecule has 20 heavy (non-hydrogen) atoms. The Bertz CT molecular complexity index is 301.